The van der Waals surface area contributed by atoms with Gasteiger partial charge in [0.25, 0.3) is 5.69 Å². The van der Waals surface area contributed by atoms with Gasteiger partial charge < -0.3 is 4.74 Å². The molecule has 0 fully saturated rings. The van der Waals surface area contributed by atoms with E-state index in [9.17, 15) is 14.9 Å². The van der Waals surface area contributed by atoms with E-state index in [1.165, 1.54) is 19.1 Å². The van der Waals surface area contributed by atoms with Crippen LogP contribution in [0.15, 0.2) is 24.3 Å². The Morgan fingerprint density at radius 1 is 1.50 bits per heavy atom. The normalized spacial score (nSPS) is 8.69. The molecule has 16 heavy (non-hydrogen) atoms. The molecule has 1 aromatic carbocycles. The molecule has 0 aromatic heterocycles. The van der Waals surface area contributed by atoms with Crippen molar-refractivity contribution in [2.75, 3.05) is 6.61 Å². The molecule has 5 nitrogen and oxygen atoms in total. The lowest BCUT2D eigenvalue weighted by atomic mass is 10.3. The van der Waals surface area contributed by atoms with Gasteiger partial charge in [-0.15, -0.1) is 0 Å². The van der Waals surface area contributed by atoms with E-state index in [0.717, 1.165) is 0 Å². The first-order chi connectivity index (χ1) is 7.49. The van der Waals surface area contributed by atoms with Gasteiger partial charge in [0.15, 0.2) is 0 Å². The average molecular weight is 246 g/mol. The molecule has 1 rings (SSSR count). The molecule has 0 bridgehead atoms. The highest BCUT2D eigenvalue weighted by molar-refractivity contribution is 6.32. The van der Waals surface area contributed by atoms with E-state index in [-0.39, 0.29) is 16.7 Å². The van der Waals surface area contributed by atoms with Crippen LogP contribution in [0, 0.1) is 10.1 Å². The van der Waals surface area contributed by atoms with Gasteiger partial charge in [-0.1, -0.05) is 23.7 Å². The summed E-state index contributed by atoms with van der Waals surface area (Å²) in [5.41, 5.74) is -0.0517. The third-order valence-electron chi connectivity index (χ3n) is 1.40. The lowest BCUT2D eigenvalue weighted by molar-refractivity contribution is -0.384. The molecule has 0 aliphatic heterocycles. The number of esters is 1. The number of ether oxygens (including phenoxy) is 1. The summed E-state index contributed by atoms with van der Waals surface area (Å²) in [5, 5.41) is 10.3. The van der Waals surface area contributed by atoms with Crippen LogP contribution in [0.4, 0.5) is 5.69 Å². The molecule has 0 saturated heterocycles. The van der Waals surface area contributed by atoms with Gasteiger partial charge >= 0.3 is 5.97 Å². The largest absolute Gasteiger partial charge is 0.466 e. The number of nitro groups is 1. The zero-order valence-corrected chi connectivity index (χ0v) is 9.73. The standard InChI is InChI=1S/C6H4ClNO2.C4H8O2/c7-5-3-1-2-4-6(5)8(9)10;1-3-6-4(2)5/h1-4H;3H2,1-2H3. The van der Waals surface area contributed by atoms with Crippen LogP contribution in [0.2, 0.25) is 5.02 Å². The molecule has 0 saturated carbocycles. The number of carbonyl (C=O) groups excluding carboxylic acids is 1. The van der Waals surface area contributed by atoms with Crippen molar-refractivity contribution in [1.82, 2.24) is 0 Å². The molecule has 0 aliphatic rings. The van der Waals surface area contributed by atoms with Gasteiger partial charge in [-0.2, -0.15) is 0 Å². The van der Waals surface area contributed by atoms with E-state index in [1.807, 2.05) is 0 Å². The highest BCUT2D eigenvalue weighted by Crippen LogP contribution is 2.21. The first-order valence-corrected chi connectivity index (χ1v) is 4.89. The Kier molecular flexibility index (Phi) is 6.87. The Morgan fingerprint density at radius 2 is 2.06 bits per heavy atom. The highest BCUT2D eigenvalue weighted by atomic mass is 35.5. The fourth-order valence-corrected chi connectivity index (χ4v) is 1.01. The molecule has 0 spiro atoms. The maximum atomic E-state index is 10.1. The second kappa shape index (κ2) is 7.64. The van der Waals surface area contributed by atoms with Gasteiger partial charge in [0, 0.05) is 13.0 Å². The maximum absolute atomic E-state index is 10.1. The Hall–Kier alpha value is -1.62. The summed E-state index contributed by atoms with van der Waals surface area (Å²) in [6, 6.07) is 6.07. The molecule has 1 aromatic rings. The predicted molar refractivity (Wildman–Crippen MR) is 60.4 cm³/mol. The minimum absolute atomic E-state index is 0.0517. The second-order valence-electron chi connectivity index (χ2n) is 2.63. The van der Waals surface area contributed by atoms with E-state index in [0.29, 0.717) is 6.61 Å². The molecular formula is C10H12ClNO4. The van der Waals surface area contributed by atoms with Crippen molar-refractivity contribution >= 4 is 23.3 Å². The van der Waals surface area contributed by atoms with E-state index in [4.69, 9.17) is 11.6 Å². The third kappa shape index (κ3) is 5.98. The average Bonchev–Trinajstić information content (AvgIpc) is 2.18. The predicted octanol–water partition coefficient (Wildman–Crippen LogP) is 2.82. The Bertz CT molecular complexity index is 368. The minimum Gasteiger partial charge on any atom is -0.466 e. The highest BCUT2D eigenvalue weighted by Gasteiger charge is 2.08. The summed E-state index contributed by atoms with van der Waals surface area (Å²) in [6.45, 7) is 3.65. The maximum Gasteiger partial charge on any atom is 0.302 e. The van der Waals surface area contributed by atoms with Crippen LogP contribution in [0.25, 0.3) is 0 Å². The van der Waals surface area contributed by atoms with Crippen LogP contribution >= 0.6 is 11.6 Å². The van der Waals surface area contributed by atoms with Crippen molar-refractivity contribution in [3.63, 3.8) is 0 Å². The summed E-state index contributed by atoms with van der Waals surface area (Å²) in [5.74, 6) is -0.211. The van der Waals surface area contributed by atoms with Crippen molar-refractivity contribution in [2.24, 2.45) is 0 Å². The number of rotatable bonds is 2. The van der Waals surface area contributed by atoms with E-state index < -0.39 is 4.92 Å². The van der Waals surface area contributed by atoms with Gasteiger partial charge in [0.05, 0.1) is 11.5 Å². The van der Waals surface area contributed by atoms with Gasteiger partial charge in [-0.25, -0.2) is 0 Å². The molecular weight excluding hydrogens is 234 g/mol. The van der Waals surface area contributed by atoms with Crippen LogP contribution in [-0.2, 0) is 9.53 Å². The number of nitro benzene ring substituents is 1. The lowest BCUT2D eigenvalue weighted by Gasteiger charge is -1.90. The summed E-state index contributed by atoms with van der Waals surface area (Å²) in [6.07, 6.45) is 0. The molecule has 0 atom stereocenters. The molecule has 0 heterocycles. The molecule has 0 unspecified atom stereocenters. The zero-order valence-electron chi connectivity index (χ0n) is 8.97. The Labute approximate surface area is 98.1 Å². The fraction of sp³-hybridized carbons (Fsp3) is 0.300. The van der Waals surface area contributed by atoms with E-state index in [1.54, 1.807) is 19.1 Å². The molecule has 0 N–H and O–H groups in total. The quantitative estimate of drug-likeness (QED) is 0.456. The third-order valence-corrected chi connectivity index (χ3v) is 1.72. The van der Waals surface area contributed by atoms with Crippen LogP contribution in [-0.4, -0.2) is 17.5 Å². The summed E-state index contributed by atoms with van der Waals surface area (Å²) in [4.78, 5) is 19.5. The zero-order chi connectivity index (χ0) is 12.6. The lowest BCUT2D eigenvalue weighted by Crippen LogP contribution is -1.95. The summed E-state index contributed by atoms with van der Waals surface area (Å²) in [7, 11) is 0. The van der Waals surface area contributed by atoms with Crippen molar-refractivity contribution < 1.29 is 14.5 Å². The molecule has 6 heteroatoms. The fourth-order valence-electron chi connectivity index (χ4n) is 0.803. The van der Waals surface area contributed by atoms with Crippen molar-refractivity contribution in [3.05, 3.63) is 39.4 Å². The van der Waals surface area contributed by atoms with Gasteiger partial charge in [0.2, 0.25) is 0 Å². The van der Waals surface area contributed by atoms with E-state index in [2.05, 4.69) is 4.74 Å². The topological polar surface area (TPSA) is 69.4 Å². The smallest absolute Gasteiger partial charge is 0.302 e. The number of halogens is 1. The summed E-state index contributed by atoms with van der Waals surface area (Å²) < 4.78 is 4.40. The summed E-state index contributed by atoms with van der Waals surface area (Å²) >= 11 is 5.48. The first kappa shape index (κ1) is 14.4. The number of carbonyl (C=O) groups is 1. The minimum atomic E-state index is -0.512. The number of hydrogen-bond donors (Lipinski definition) is 0. The van der Waals surface area contributed by atoms with Crippen molar-refractivity contribution in [2.45, 2.75) is 13.8 Å². The van der Waals surface area contributed by atoms with Crippen molar-refractivity contribution in [3.8, 4) is 0 Å². The van der Waals surface area contributed by atoms with Crippen molar-refractivity contribution in [1.29, 1.82) is 0 Å². The molecule has 0 amide bonds. The van der Waals surface area contributed by atoms with Crippen LogP contribution in [0.1, 0.15) is 13.8 Å². The number of nitrogens with zero attached hydrogens (tertiary/aromatic N) is 1. The van der Waals surface area contributed by atoms with Gasteiger partial charge in [-0.05, 0) is 13.0 Å². The first-order valence-electron chi connectivity index (χ1n) is 4.51. The Balaban J connectivity index is 0.000000325. The van der Waals surface area contributed by atoms with Gasteiger partial charge in [-0.3, -0.25) is 14.9 Å². The van der Waals surface area contributed by atoms with E-state index >= 15 is 0 Å². The Morgan fingerprint density at radius 3 is 2.31 bits per heavy atom. The number of benzene rings is 1. The second-order valence-corrected chi connectivity index (χ2v) is 3.04. The molecule has 88 valence electrons. The van der Waals surface area contributed by atoms with Crippen LogP contribution in [0.5, 0.6) is 0 Å². The number of hydrogen-bond acceptors (Lipinski definition) is 4. The SMILES string of the molecule is CCOC(C)=O.O=[N+]([O-])c1ccccc1Cl. The monoisotopic (exact) mass is 245 g/mol. The van der Waals surface area contributed by atoms with Crippen LogP contribution < -0.4 is 0 Å². The van der Waals surface area contributed by atoms with Crippen LogP contribution in [0.3, 0.4) is 0 Å². The van der Waals surface area contributed by atoms with Gasteiger partial charge in [0.1, 0.15) is 5.02 Å². The number of para-hydroxylation sites is 1. The molecule has 0 aliphatic carbocycles. The molecule has 0 radical (unpaired) electrons.